The van der Waals surface area contributed by atoms with Crippen LogP contribution in [0.2, 0.25) is 0 Å². The molecule has 1 saturated carbocycles. The van der Waals surface area contributed by atoms with Gasteiger partial charge < -0.3 is 9.42 Å². The molecule has 4 rings (SSSR count). The van der Waals surface area contributed by atoms with Crippen LogP contribution in [0.5, 0.6) is 0 Å². The largest absolute Gasteiger partial charge is 0.355 e. The highest BCUT2D eigenvalue weighted by Gasteiger charge is 2.37. The highest BCUT2D eigenvalue weighted by Crippen LogP contribution is 2.36. The minimum absolute atomic E-state index is 0.0123. The van der Waals surface area contributed by atoms with Crippen LogP contribution in [0.25, 0.3) is 11.3 Å². The standard InChI is InChI=1S/C18H21N3O2/c22-18(21-10-4-8-16(21)13-5-1-2-6-13)15-11-17(23-20-15)14-7-3-9-19-12-14/h3,7,9,11-13,16H,1-2,4-6,8,10H2/t16-/m1/s1. The number of hydrogen-bond acceptors (Lipinski definition) is 4. The Morgan fingerprint density at radius 2 is 2.09 bits per heavy atom. The van der Waals surface area contributed by atoms with E-state index in [0.717, 1.165) is 24.9 Å². The van der Waals surface area contributed by atoms with Gasteiger partial charge in [0.1, 0.15) is 0 Å². The zero-order chi connectivity index (χ0) is 15.6. The summed E-state index contributed by atoms with van der Waals surface area (Å²) in [5.41, 5.74) is 1.25. The molecular weight excluding hydrogens is 290 g/mol. The van der Waals surface area contributed by atoms with E-state index in [1.807, 2.05) is 17.0 Å². The van der Waals surface area contributed by atoms with Gasteiger partial charge in [0, 0.05) is 36.6 Å². The first kappa shape index (κ1) is 14.4. The first-order valence-corrected chi connectivity index (χ1v) is 8.51. The molecule has 1 aliphatic heterocycles. The fourth-order valence-electron chi connectivity index (χ4n) is 4.04. The molecule has 0 aromatic carbocycles. The summed E-state index contributed by atoms with van der Waals surface area (Å²) in [5, 5.41) is 4.00. The second kappa shape index (κ2) is 6.14. The summed E-state index contributed by atoms with van der Waals surface area (Å²) < 4.78 is 5.35. The maximum absolute atomic E-state index is 12.8. The van der Waals surface area contributed by atoms with Crippen molar-refractivity contribution in [2.45, 2.75) is 44.6 Å². The van der Waals surface area contributed by atoms with Crippen LogP contribution >= 0.6 is 0 Å². The fraction of sp³-hybridized carbons (Fsp3) is 0.500. The maximum atomic E-state index is 12.8. The molecule has 0 bridgehead atoms. The normalized spacial score (nSPS) is 21.9. The van der Waals surface area contributed by atoms with E-state index in [-0.39, 0.29) is 5.91 Å². The average molecular weight is 311 g/mol. The van der Waals surface area contributed by atoms with Gasteiger partial charge in [0.2, 0.25) is 0 Å². The third kappa shape index (κ3) is 2.76. The molecule has 2 fully saturated rings. The Hall–Kier alpha value is -2.17. The van der Waals surface area contributed by atoms with Crippen molar-refractivity contribution in [1.29, 1.82) is 0 Å². The van der Waals surface area contributed by atoms with Crippen LogP contribution in [0.4, 0.5) is 0 Å². The molecule has 0 N–H and O–H groups in total. The Kier molecular flexibility index (Phi) is 3.85. The van der Waals surface area contributed by atoms with Crippen molar-refractivity contribution in [1.82, 2.24) is 15.0 Å². The zero-order valence-electron chi connectivity index (χ0n) is 13.1. The monoisotopic (exact) mass is 311 g/mol. The number of pyridine rings is 1. The Balaban J connectivity index is 1.53. The lowest BCUT2D eigenvalue weighted by molar-refractivity contribution is 0.0678. The summed E-state index contributed by atoms with van der Waals surface area (Å²) in [5.74, 6) is 1.28. The Labute approximate surface area is 135 Å². The molecule has 1 atom stereocenters. The SMILES string of the molecule is O=C(c1cc(-c2cccnc2)on1)N1CCC[C@@H]1C1CCCC1. The molecule has 5 nitrogen and oxygen atoms in total. The van der Waals surface area contributed by atoms with Crippen molar-refractivity contribution in [2.75, 3.05) is 6.54 Å². The number of carbonyl (C=O) groups excluding carboxylic acids is 1. The van der Waals surface area contributed by atoms with Crippen LogP contribution in [0, 0.1) is 5.92 Å². The van der Waals surface area contributed by atoms with E-state index in [4.69, 9.17) is 4.52 Å². The van der Waals surface area contributed by atoms with Crippen molar-refractivity contribution in [3.8, 4) is 11.3 Å². The molecule has 1 saturated heterocycles. The third-order valence-electron chi connectivity index (χ3n) is 5.18. The summed E-state index contributed by atoms with van der Waals surface area (Å²) in [7, 11) is 0. The molecule has 0 spiro atoms. The summed E-state index contributed by atoms with van der Waals surface area (Å²) >= 11 is 0. The molecule has 0 unspecified atom stereocenters. The van der Waals surface area contributed by atoms with Gasteiger partial charge >= 0.3 is 0 Å². The van der Waals surface area contributed by atoms with Crippen LogP contribution in [0.3, 0.4) is 0 Å². The smallest absolute Gasteiger partial charge is 0.276 e. The van der Waals surface area contributed by atoms with Gasteiger partial charge in [0.05, 0.1) is 0 Å². The number of carbonyl (C=O) groups is 1. The first-order chi connectivity index (χ1) is 11.3. The minimum Gasteiger partial charge on any atom is -0.355 e. The minimum atomic E-state index is 0.0123. The summed E-state index contributed by atoms with van der Waals surface area (Å²) in [6.07, 6.45) is 10.8. The second-order valence-corrected chi connectivity index (χ2v) is 6.57. The maximum Gasteiger partial charge on any atom is 0.276 e. The molecule has 120 valence electrons. The van der Waals surface area contributed by atoms with Gasteiger partial charge in [0.25, 0.3) is 5.91 Å². The van der Waals surface area contributed by atoms with E-state index in [2.05, 4.69) is 10.1 Å². The molecule has 2 aromatic rings. The lowest BCUT2D eigenvalue weighted by atomic mass is 9.96. The average Bonchev–Trinajstić information content (AvgIpc) is 3.34. The van der Waals surface area contributed by atoms with Crippen LogP contribution in [-0.4, -0.2) is 33.5 Å². The summed E-state index contributed by atoms with van der Waals surface area (Å²) in [6, 6.07) is 5.88. The molecular formula is C18H21N3O2. The molecule has 23 heavy (non-hydrogen) atoms. The molecule has 0 radical (unpaired) electrons. The van der Waals surface area contributed by atoms with Gasteiger partial charge in [-0.15, -0.1) is 0 Å². The number of aromatic nitrogens is 2. The quantitative estimate of drug-likeness (QED) is 0.870. The Morgan fingerprint density at radius 3 is 2.87 bits per heavy atom. The van der Waals surface area contributed by atoms with Crippen molar-refractivity contribution in [2.24, 2.45) is 5.92 Å². The molecule has 1 amide bonds. The van der Waals surface area contributed by atoms with Crippen LogP contribution in [0.15, 0.2) is 35.1 Å². The lowest BCUT2D eigenvalue weighted by Crippen LogP contribution is -2.39. The van der Waals surface area contributed by atoms with Gasteiger partial charge in [-0.25, -0.2) is 0 Å². The number of amides is 1. The van der Waals surface area contributed by atoms with Gasteiger partial charge in [-0.3, -0.25) is 9.78 Å². The van der Waals surface area contributed by atoms with Gasteiger partial charge in [0.15, 0.2) is 11.5 Å². The molecule has 2 aliphatic rings. The van der Waals surface area contributed by atoms with E-state index < -0.39 is 0 Å². The summed E-state index contributed by atoms with van der Waals surface area (Å²) in [6.45, 7) is 0.842. The van der Waals surface area contributed by atoms with Crippen molar-refractivity contribution in [3.05, 3.63) is 36.3 Å². The first-order valence-electron chi connectivity index (χ1n) is 8.51. The number of likely N-dealkylation sites (tertiary alicyclic amines) is 1. The van der Waals surface area contributed by atoms with Crippen LogP contribution < -0.4 is 0 Å². The van der Waals surface area contributed by atoms with E-state index in [1.165, 1.54) is 25.7 Å². The molecule has 3 heterocycles. The van der Waals surface area contributed by atoms with Crippen molar-refractivity contribution < 1.29 is 9.32 Å². The molecule has 2 aromatic heterocycles. The molecule has 1 aliphatic carbocycles. The zero-order valence-corrected chi connectivity index (χ0v) is 13.1. The summed E-state index contributed by atoms with van der Waals surface area (Å²) in [4.78, 5) is 18.9. The number of nitrogens with zero attached hydrogens (tertiary/aromatic N) is 3. The number of hydrogen-bond donors (Lipinski definition) is 0. The van der Waals surface area contributed by atoms with E-state index >= 15 is 0 Å². The van der Waals surface area contributed by atoms with Crippen molar-refractivity contribution in [3.63, 3.8) is 0 Å². The van der Waals surface area contributed by atoms with E-state index in [0.29, 0.717) is 23.4 Å². The van der Waals surface area contributed by atoms with Crippen LogP contribution in [0.1, 0.15) is 49.0 Å². The predicted molar refractivity (Wildman–Crippen MR) is 85.8 cm³/mol. The Bertz CT molecular complexity index is 677. The highest BCUT2D eigenvalue weighted by atomic mass is 16.5. The van der Waals surface area contributed by atoms with Gasteiger partial charge in [-0.2, -0.15) is 0 Å². The fourth-order valence-corrected chi connectivity index (χ4v) is 4.04. The van der Waals surface area contributed by atoms with E-state index in [1.54, 1.807) is 18.5 Å². The lowest BCUT2D eigenvalue weighted by Gasteiger charge is -2.28. The highest BCUT2D eigenvalue weighted by molar-refractivity contribution is 5.93. The topological polar surface area (TPSA) is 59.2 Å². The molecule has 5 heteroatoms. The van der Waals surface area contributed by atoms with Crippen LogP contribution in [-0.2, 0) is 0 Å². The van der Waals surface area contributed by atoms with Gasteiger partial charge in [-0.05, 0) is 43.7 Å². The number of rotatable bonds is 3. The third-order valence-corrected chi connectivity index (χ3v) is 5.18. The Morgan fingerprint density at radius 1 is 1.22 bits per heavy atom. The van der Waals surface area contributed by atoms with E-state index in [9.17, 15) is 4.79 Å². The van der Waals surface area contributed by atoms with Crippen molar-refractivity contribution >= 4 is 5.91 Å². The predicted octanol–water partition coefficient (Wildman–Crippen LogP) is 3.53. The second-order valence-electron chi connectivity index (χ2n) is 6.57. The van der Waals surface area contributed by atoms with Gasteiger partial charge in [-0.1, -0.05) is 18.0 Å².